The summed E-state index contributed by atoms with van der Waals surface area (Å²) in [6.45, 7) is 7.50. The van der Waals surface area contributed by atoms with E-state index in [1.54, 1.807) is 27.7 Å². The van der Waals surface area contributed by atoms with E-state index in [0.29, 0.717) is 19.4 Å². The molecule has 23 heavy (non-hydrogen) atoms. The van der Waals surface area contributed by atoms with E-state index in [1.165, 1.54) is 4.90 Å². The summed E-state index contributed by atoms with van der Waals surface area (Å²) in [5.74, 6) is -0.550. The lowest BCUT2D eigenvalue weighted by Gasteiger charge is -2.40. The van der Waals surface area contributed by atoms with Crippen molar-refractivity contribution < 1.29 is 27.8 Å². The number of hydrogen-bond acceptors (Lipinski definition) is 4. The average Bonchev–Trinajstić information content (AvgIpc) is 2.44. The number of likely N-dealkylation sites (tertiary alicyclic amines) is 1. The molecule has 0 radical (unpaired) electrons. The van der Waals surface area contributed by atoms with Crippen LogP contribution in [0, 0.1) is 5.41 Å². The fraction of sp³-hybridized carbons (Fsp3) is 0.750. The molecule has 1 heterocycles. The molecule has 0 bridgehead atoms. The summed E-state index contributed by atoms with van der Waals surface area (Å²) in [7, 11) is 0. The van der Waals surface area contributed by atoms with Gasteiger partial charge in [-0.05, 0) is 53.0 Å². The minimum atomic E-state index is -1.84. The molecule has 7 heteroatoms. The number of nitrogens with zero attached hydrogens (tertiary/aromatic N) is 1. The Morgan fingerprint density at radius 2 is 1.96 bits per heavy atom. The first kappa shape index (κ1) is 19.4. The SMILES string of the molecule is CCOC(=O)C1(CC=C(F)F)CCCN(C(=O)OC(C)(C)C)C1. The molecule has 1 amide bonds. The number of hydrogen-bond donors (Lipinski definition) is 0. The van der Waals surface area contributed by atoms with Crippen LogP contribution in [0.4, 0.5) is 13.6 Å². The van der Waals surface area contributed by atoms with E-state index in [-0.39, 0.29) is 19.6 Å². The van der Waals surface area contributed by atoms with Crippen LogP contribution in [-0.2, 0) is 14.3 Å². The van der Waals surface area contributed by atoms with Crippen LogP contribution in [0.3, 0.4) is 0 Å². The van der Waals surface area contributed by atoms with Crippen LogP contribution in [0.25, 0.3) is 0 Å². The lowest BCUT2D eigenvalue weighted by molar-refractivity contribution is -0.158. The molecule has 1 aliphatic rings. The van der Waals surface area contributed by atoms with Gasteiger partial charge in [0.15, 0.2) is 0 Å². The predicted octanol–water partition coefficient (Wildman–Crippen LogP) is 3.74. The molecule has 1 saturated heterocycles. The molecule has 0 saturated carbocycles. The Balaban J connectivity index is 2.95. The maximum Gasteiger partial charge on any atom is 0.410 e. The van der Waals surface area contributed by atoms with Gasteiger partial charge in [-0.3, -0.25) is 4.79 Å². The molecule has 0 aromatic rings. The van der Waals surface area contributed by atoms with E-state index in [2.05, 4.69) is 0 Å². The monoisotopic (exact) mass is 333 g/mol. The van der Waals surface area contributed by atoms with Crippen LogP contribution in [0.1, 0.15) is 47.0 Å². The second-order valence-electron chi connectivity index (χ2n) is 6.70. The van der Waals surface area contributed by atoms with Crippen LogP contribution in [-0.4, -0.2) is 42.3 Å². The topological polar surface area (TPSA) is 55.8 Å². The van der Waals surface area contributed by atoms with Crippen molar-refractivity contribution in [3.05, 3.63) is 12.2 Å². The van der Waals surface area contributed by atoms with Crippen molar-refractivity contribution in [2.45, 2.75) is 52.6 Å². The largest absolute Gasteiger partial charge is 0.466 e. The molecular formula is C16H25F2NO4. The number of carbonyl (C=O) groups is 2. The summed E-state index contributed by atoms with van der Waals surface area (Å²) in [6.07, 6.45) is -0.906. The zero-order valence-corrected chi connectivity index (χ0v) is 14.2. The third kappa shape index (κ3) is 5.80. The standard InChI is InChI=1S/C16H25F2NO4/c1-5-22-13(20)16(9-7-12(17)18)8-6-10-19(11-16)14(21)23-15(2,3)4/h7H,5-6,8-11H2,1-4H3. The molecule has 5 nitrogen and oxygen atoms in total. The summed E-state index contributed by atoms with van der Waals surface area (Å²) in [6, 6.07) is 0. The molecule has 1 aliphatic heterocycles. The Labute approximate surface area is 135 Å². The van der Waals surface area contributed by atoms with E-state index in [1.807, 2.05) is 0 Å². The quantitative estimate of drug-likeness (QED) is 0.736. The molecule has 1 unspecified atom stereocenters. The van der Waals surface area contributed by atoms with E-state index in [0.717, 1.165) is 6.08 Å². The summed E-state index contributed by atoms with van der Waals surface area (Å²) < 4.78 is 35.3. The van der Waals surface area contributed by atoms with Crippen molar-refractivity contribution in [1.82, 2.24) is 4.90 Å². The molecule has 1 fully saturated rings. The van der Waals surface area contributed by atoms with E-state index in [9.17, 15) is 18.4 Å². The van der Waals surface area contributed by atoms with Gasteiger partial charge in [0, 0.05) is 13.1 Å². The number of rotatable bonds is 4. The molecule has 0 aromatic carbocycles. The summed E-state index contributed by atoms with van der Waals surface area (Å²) in [5.41, 5.74) is -1.80. The predicted molar refractivity (Wildman–Crippen MR) is 81.0 cm³/mol. The molecule has 0 aromatic heterocycles. The summed E-state index contributed by atoms with van der Waals surface area (Å²) >= 11 is 0. The molecule has 1 atom stereocenters. The average molecular weight is 333 g/mol. The van der Waals surface area contributed by atoms with Gasteiger partial charge in [-0.1, -0.05) is 0 Å². The van der Waals surface area contributed by atoms with Gasteiger partial charge in [0.1, 0.15) is 5.60 Å². The first-order valence-electron chi connectivity index (χ1n) is 7.76. The lowest BCUT2D eigenvalue weighted by atomic mass is 9.77. The second-order valence-corrected chi connectivity index (χ2v) is 6.70. The summed E-state index contributed by atoms with van der Waals surface area (Å²) in [5, 5.41) is 0. The van der Waals surface area contributed by atoms with Gasteiger partial charge in [0.2, 0.25) is 0 Å². The van der Waals surface area contributed by atoms with Crippen molar-refractivity contribution in [2.24, 2.45) is 5.41 Å². The van der Waals surface area contributed by atoms with E-state index >= 15 is 0 Å². The molecule has 1 rings (SSSR count). The van der Waals surface area contributed by atoms with Crippen LogP contribution < -0.4 is 0 Å². The van der Waals surface area contributed by atoms with Crippen molar-refractivity contribution in [1.29, 1.82) is 0 Å². The van der Waals surface area contributed by atoms with Crippen LogP contribution in [0.15, 0.2) is 12.2 Å². The van der Waals surface area contributed by atoms with Gasteiger partial charge >= 0.3 is 12.1 Å². The second kappa shape index (κ2) is 7.75. The summed E-state index contributed by atoms with van der Waals surface area (Å²) in [4.78, 5) is 25.9. The molecule has 132 valence electrons. The number of esters is 1. The highest BCUT2D eigenvalue weighted by molar-refractivity contribution is 5.79. The highest BCUT2D eigenvalue weighted by Gasteiger charge is 2.45. The normalized spacial score (nSPS) is 21.6. The highest BCUT2D eigenvalue weighted by Crippen LogP contribution is 2.36. The van der Waals surface area contributed by atoms with Crippen molar-refractivity contribution in [3.8, 4) is 0 Å². The maximum absolute atomic E-state index is 12.5. The van der Waals surface area contributed by atoms with Crippen molar-refractivity contribution in [2.75, 3.05) is 19.7 Å². The Bertz CT molecular complexity index is 469. The van der Waals surface area contributed by atoms with E-state index < -0.39 is 29.2 Å². The van der Waals surface area contributed by atoms with Gasteiger partial charge in [-0.2, -0.15) is 8.78 Å². The number of carbonyl (C=O) groups excluding carboxylic acids is 2. The van der Waals surface area contributed by atoms with Crippen molar-refractivity contribution >= 4 is 12.1 Å². The molecular weight excluding hydrogens is 308 g/mol. The van der Waals surface area contributed by atoms with E-state index in [4.69, 9.17) is 9.47 Å². The minimum absolute atomic E-state index is 0.0184. The zero-order chi connectivity index (χ0) is 17.7. The molecule has 0 spiro atoms. The Kier molecular flexibility index (Phi) is 6.53. The van der Waals surface area contributed by atoms with Gasteiger partial charge in [0.25, 0.3) is 6.08 Å². The number of piperidine rings is 1. The van der Waals surface area contributed by atoms with Gasteiger partial charge in [-0.15, -0.1) is 0 Å². The molecule has 0 N–H and O–H groups in total. The minimum Gasteiger partial charge on any atom is -0.466 e. The lowest BCUT2D eigenvalue weighted by Crippen LogP contribution is -2.51. The molecule has 0 aliphatic carbocycles. The van der Waals surface area contributed by atoms with Gasteiger partial charge in [-0.25, -0.2) is 4.79 Å². The Morgan fingerprint density at radius 1 is 1.30 bits per heavy atom. The Morgan fingerprint density at radius 3 is 2.48 bits per heavy atom. The smallest absolute Gasteiger partial charge is 0.410 e. The number of amides is 1. The van der Waals surface area contributed by atoms with Crippen LogP contribution in [0.2, 0.25) is 0 Å². The highest BCUT2D eigenvalue weighted by atomic mass is 19.3. The number of ether oxygens (including phenoxy) is 2. The number of allylic oxidation sites excluding steroid dienone is 1. The number of halogens is 2. The van der Waals surface area contributed by atoms with Crippen LogP contribution in [0.5, 0.6) is 0 Å². The first-order chi connectivity index (χ1) is 10.6. The third-order valence-electron chi connectivity index (χ3n) is 3.58. The fourth-order valence-corrected chi connectivity index (χ4v) is 2.59. The third-order valence-corrected chi connectivity index (χ3v) is 3.58. The van der Waals surface area contributed by atoms with Gasteiger partial charge < -0.3 is 14.4 Å². The van der Waals surface area contributed by atoms with Gasteiger partial charge in [0.05, 0.1) is 12.0 Å². The van der Waals surface area contributed by atoms with Crippen molar-refractivity contribution in [3.63, 3.8) is 0 Å². The zero-order valence-electron chi connectivity index (χ0n) is 14.2. The Hall–Kier alpha value is -1.66. The van der Waals surface area contributed by atoms with Crippen LogP contribution >= 0.6 is 0 Å². The first-order valence-corrected chi connectivity index (χ1v) is 7.76. The maximum atomic E-state index is 12.5. The fourth-order valence-electron chi connectivity index (χ4n) is 2.59.